The van der Waals surface area contributed by atoms with Gasteiger partial charge in [0.25, 0.3) is 0 Å². The number of carbonyl (C=O) groups excluding carboxylic acids is 1. The normalized spacial score (nSPS) is 17.8. The quantitative estimate of drug-likeness (QED) is 0.112. The summed E-state index contributed by atoms with van der Waals surface area (Å²) in [5.74, 6) is 0.280. The Morgan fingerprint density at radius 1 is 0.902 bits per heavy atom. The standard InChI is InChI=1S/C34H62O6Si/c1-13-29(40-41(11,12)34(6,7)8)22-31(36-9)25(3)20-21-30(39-32(35)14-2)27(5)33(37-10)26(4)23-38-24-28-18-16-15-17-19-28/h15-19,25-27,29-31,33H,13-14,20-24H2,1-12H3. The molecular weight excluding hydrogens is 532 g/mol. The van der Waals surface area contributed by atoms with Gasteiger partial charge in [0, 0.05) is 38.6 Å². The van der Waals surface area contributed by atoms with Gasteiger partial charge in [0.1, 0.15) is 6.10 Å². The molecular formula is C34H62O6Si. The molecule has 0 aliphatic carbocycles. The third-order valence-corrected chi connectivity index (χ3v) is 13.6. The SMILES string of the molecule is CCC(=O)OC(CCC(C)C(CC(CC)O[Si](C)(C)C(C)(C)C)OC)C(C)C(OC)C(C)COCc1ccccc1. The number of benzene rings is 1. The molecule has 7 atom stereocenters. The van der Waals surface area contributed by atoms with Crippen LogP contribution >= 0.6 is 0 Å². The molecule has 0 amide bonds. The number of methoxy groups -OCH3 is 2. The maximum absolute atomic E-state index is 12.4. The third-order valence-electron chi connectivity index (χ3n) is 9.06. The highest BCUT2D eigenvalue weighted by molar-refractivity contribution is 6.74. The fraction of sp³-hybridized carbons (Fsp3) is 0.794. The predicted octanol–water partition coefficient (Wildman–Crippen LogP) is 8.43. The minimum Gasteiger partial charge on any atom is -0.462 e. The van der Waals surface area contributed by atoms with Gasteiger partial charge >= 0.3 is 5.97 Å². The van der Waals surface area contributed by atoms with Crippen molar-refractivity contribution in [1.29, 1.82) is 0 Å². The average molecular weight is 595 g/mol. The van der Waals surface area contributed by atoms with Gasteiger partial charge in [0.15, 0.2) is 8.32 Å². The van der Waals surface area contributed by atoms with Gasteiger partial charge in [-0.3, -0.25) is 4.79 Å². The Labute approximate surface area is 253 Å². The number of ether oxygens (including phenoxy) is 4. The molecule has 0 aliphatic heterocycles. The summed E-state index contributed by atoms with van der Waals surface area (Å²) >= 11 is 0. The van der Waals surface area contributed by atoms with E-state index in [9.17, 15) is 4.79 Å². The topological polar surface area (TPSA) is 63.2 Å². The Morgan fingerprint density at radius 2 is 1.54 bits per heavy atom. The smallest absolute Gasteiger partial charge is 0.305 e. The second kappa shape index (κ2) is 18.4. The lowest BCUT2D eigenvalue weighted by Gasteiger charge is -2.40. The van der Waals surface area contributed by atoms with Gasteiger partial charge in [-0.05, 0) is 55.3 Å². The van der Waals surface area contributed by atoms with Crippen molar-refractivity contribution in [3.8, 4) is 0 Å². The molecule has 238 valence electrons. The molecule has 0 N–H and O–H groups in total. The summed E-state index contributed by atoms with van der Waals surface area (Å²) in [6, 6.07) is 10.2. The van der Waals surface area contributed by atoms with Gasteiger partial charge < -0.3 is 23.4 Å². The van der Waals surface area contributed by atoms with Gasteiger partial charge in [0.2, 0.25) is 0 Å². The first-order chi connectivity index (χ1) is 19.2. The Hall–Kier alpha value is -1.25. The van der Waals surface area contributed by atoms with E-state index in [0.29, 0.717) is 25.6 Å². The summed E-state index contributed by atoms with van der Waals surface area (Å²) in [6.07, 6.45) is 3.73. The first-order valence-corrected chi connectivity index (χ1v) is 18.7. The molecule has 0 radical (unpaired) electrons. The van der Waals surface area contributed by atoms with Crippen LogP contribution in [0.5, 0.6) is 0 Å². The average Bonchev–Trinajstić information content (AvgIpc) is 2.92. The van der Waals surface area contributed by atoms with Crippen molar-refractivity contribution in [3.05, 3.63) is 35.9 Å². The highest BCUT2D eigenvalue weighted by Gasteiger charge is 2.39. The maximum Gasteiger partial charge on any atom is 0.305 e. The van der Waals surface area contributed by atoms with E-state index in [-0.39, 0.29) is 47.3 Å². The second-order valence-corrected chi connectivity index (χ2v) is 18.1. The lowest BCUT2D eigenvalue weighted by Crippen LogP contribution is -2.45. The Bertz CT molecular complexity index is 839. The molecule has 0 bridgehead atoms. The van der Waals surface area contributed by atoms with Crippen LogP contribution in [0.25, 0.3) is 0 Å². The number of hydrogen-bond donors (Lipinski definition) is 0. The summed E-state index contributed by atoms with van der Waals surface area (Å²) < 4.78 is 30.8. The van der Waals surface area contributed by atoms with Crippen LogP contribution in [0.3, 0.4) is 0 Å². The zero-order chi connectivity index (χ0) is 31.2. The Kier molecular flexibility index (Phi) is 17.0. The van der Waals surface area contributed by atoms with Crippen LogP contribution in [-0.4, -0.2) is 59.5 Å². The van der Waals surface area contributed by atoms with Crippen molar-refractivity contribution in [2.24, 2.45) is 17.8 Å². The maximum atomic E-state index is 12.4. The first kappa shape index (κ1) is 37.8. The van der Waals surface area contributed by atoms with Gasteiger partial charge in [-0.2, -0.15) is 0 Å². The number of carbonyl (C=O) groups is 1. The summed E-state index contributed by atoms with van der Waals surface area (Å²) in [6.45, 7) is 23.2. The molecule has 0 saturated carbocycles. The van der Waals surface area contributed by atoms with Gasteiger partial charge in [-0.1, -0.05) is 85.7 Å². The third kappa shape index (κ3) is 12.9. The minimum absolute atomic E-state index is 0.0179. The van der Waals surface area contributed by atoms with Crippen LogP contribution < -0.4 is 0 Å². The van der Waals surface area contributed by atoms with Crippen molar-refractivity contribution < 1.29 is 28.2 Å². The zero-order valence-electron chi connectivity index (χ0n) is 28.3. The van der Waals surface area contributed by atoms with E-state index in [1.54, 1.807) is 14.2 Å². The highest BCUT2D eigenvalue weighted by Crippen LogP contribution is 2.38. The van der Waals surface area contributed by atoms with Crippen LogP contribution in [-0.2, 0) is 34.8 Å². The number of hydrogen-bond acceptors (Lipinski definition) is 6. The van der Waals surface area contributed by atoms with Gasteiger partial charge in [-0.15, -0.1) is 0 Å². The number of esters is 1. The molecule has 1 aromatic carbocycles. The molecule has 1 aromatic rings. The molecule has 0 heterocycles. The van der Waals surface area contributed by atoms with Crippen LogP contribution in [0.2, 0.25) is 18.1 Å². The van der Waals surface area contributed by atoms with Crippen LogP contribution in [0, 0.1) is 17.8 Å². The summed E-state index contributed by atoms with van der Waals surface area (Å²) in [7, 11) is 1.67. The predicted molar refractivity (Wildman–Crippen MR) is 172 cm³/mol. The molecule has 7 unspecified atom stereocenters. The number of rotatable bonds is 20. The largest absolute Gasteiger partial charge is 0.462 e. The highest BCUT2D eigenvalue weighted by atomic mass is 28.4. The fourth-order valence-corrected chi connectivity index (χ4v) is 6.66. The van der Waals surface area contributed by atoms with E-state index in [1.165, 1.54) is 0 Å². The minimum atomic E-state index is -1.87. The molecule has 7 heteroatoms. The van der Waals surface area contributed by atoms with Gasteiger partial charge in [0.05, 0.1) is 25.4 Å². The van der Waals surface area contributed by atoms with Crippen molar-refractivity contribution in [2.75, 3.05) is 20.8 Å². The zero-order valence-corrected chi connectivity index (χ0v) is 29.3. The van der Waals surface area contributed by atoms with E-state index in [4.69, 9.17) is 23.4 Å². The second-order valence-electron chi connectivity index (χ2n) is 13.4. The van der Waals surface area contributed by atoms with Gasteiger partial charge in [-0.25, -0.2) is 0 Å². The van der Waals surface area contributed by atoms with Crippen LogP contribution in [0.4, 0.5) is 0 Å². The van der Waals surface area contributed by atoms with Crippen LogP contribution in [0.1, 0.15) is 93.1 Å². The molecule has 0 saturated heterocycles. The Morgan fingerprint density at radius 3 is 2.05 bits per heavy atom. The lowest BCUT2D eigenvalue weighted by molar-refractivity contribution is -0.156. The molecule has 41 heavy (non-hydrogen) atoms. The van der Waals surface area contributed by atoms with Crippen molar-refractivity contribution >= 4 is 14.3 Å². The molecule has 0 aromatic heterocycles. The monoisotopic (exact) mass is 594 g/mol. The molecule has 6 nitrogen and oxygen atoms in total. The summed E-state index contributed by atoms with van der Waals surface area (Å²) in [5.41, 5.74) is 1.15. The van der Waals surface area contributed by atoms with Crippen molar-refractivity contribution in [2.45, 2.75) is 137 Å². The van der Waals surface area contributed by atoms with Crippen LogP contribution in [0.15, 0.2) is 30.3 Å². The van der Waals surface area contributed by atoms with Crippen molar-refractivity contribution in [3.63, 3.8) is 0 Å². The Balaban J connectivity index is 2.86. The lowest BCUT2D eigenvalue weighted by atomic mass is 9.85. The van der Waals surface area contributed by atoms with E-state index in [1.807, 2.05) is 25.1 Å². The molecule has 0 aliphatic rings. The fourth-order valence-electron chi connectivity index (χ4n) is 5.21. The summed E-state index contributed by atoms with van der Waals surface area (Å²) in [4.78, 5) is 12.4. The first-order valence-electron chi connectivity index (χ1n) is 15.7. The van der Waals surface area contributed by atoms with E-state index >= 15 is 0 Å². The summed E-state index contributed by atoms with van der Waals surface area (Å²) in [5, 5.41) is 0.169. The molecule has 0 fully saturated rings. The van der Waals surface area contributed by atoms with E-state index in [2.05, 4.69) is 73.7 Å². The van der Waals surface area contributed by atoms with Crippen molar-refractivity contribution in [1.82, 2.24) is 0 Å². The molecule has 1 rings (SSSR count). The van der Waals surface area contributed by atoms with E-state index in [0.717, 1.165) is 31.2 Å². The van der Waals surface area contributed by atoms with E-state index < -0.39 is 8.32 Å². The molecule has 0 spiro atoms.